The first-order chi connectivity index (χ1) is 7.36. The van der Waals surface area contributed by atoms with Crippen LogP contribution in [0.5, 0.6) is 0 Å². The fraction of sp³-hybridized carbons (Fsp3) is 0.571. The Labute approximate surface area is 102 Å². The number of hydrogen-bond donors (Lipinski definition) is 0. The molecule has 0 atom stereocenters. The molecule has 84 valence electrons. The zero-order valence-electron chi connectivity index (χ0n) is 9.64. The minimum atomic E-state index is 1.06. The van der Waals surface area contributed by atoms with Gasteiger partial charge in [-0.3, -0.25) is 0 Å². The Morgan fingerprint density at radius 1 is 0.867 bits per heavy atom. The average Bonchev–Trinajstić information content (AvgIpc) is 2.27. The predicted molar refractivity (Wildman–Crippen MR) is 71.8 cm³/mol. The molecule has 0 heterocycles. The molecule has 1 aromatic rings. The monoisotopic (exact) mass is 268 g/mol. The molecule has 1 heteroatoms. The van der Waals surface area contributed by atoms with Crippen LogP contribution in [0.1, 0.15) is 43.7 Å². The SMILES string of the molecule is CCCCCCc1ccc(CCBr)cc1. The molecule has 0 unspecified atom stereocenters. The zero-order valence-corrected chi connectivity index (χ0v) is 11.2. The number of unbranched alkanes of at least 4 members (excludes halogenated alkanes) is 3. The van der Waals surface area contributed by atoms with E-state index in [0.717, 1.165) is 11.8 Å². The summed E-state index contributed by atoms with van der Waals surface area (Å²) in [7, 11) is 0. The Morgan fingerprint density at radius 3 is 2.00 bits per heavy atom. The molecule has 0 fully saturated rings. The van der Waals surface area contributed by atoms with Gasteiger partial charge in [0.05, 0.1) is 0 Å². The fourth-order valence-corrected chi connectivity index (χ4v) is 2.20. The lowest BCUT2D eigenvalue weighted by molar-refractivity contribution is 0.667. The Bertz CT molecular complexity index is 251. The highest BCUT2D eigenvalue weighted by Crippen LogP contribution is 2.10. The van der Waals surface area contributed by atoms with Crippen molar-refractivity contribution < 1.29 is 0 Å². The van der Waals surface area contributed by atoms with Gasteiger partial charge in [-0.25, -0.2) is 0 Å². The summed E-state index contributed by atoms with van der Waals surface area (Å²) in [5.74, 6) is 0. The molecule has 0 aromatic heterocycles. The average molecular weight is 269 g/mol. The van der Waals surface area contributed by atoms with Crippen LogP contribution >= 0.6 is 15.9 Å². The van der Waals surface area contributed by atoms with E-state index in [9.17, 15) is 0 Å². The van der Waals surface area contributed by atoms with E-state index < -0.39 is 0 Å². The molecule has 0 radical (unpaired) electrons. The van der Waals surface area contributed by atoms with E-state index in [1.807, 2.05) is 0 Å². The van der Waals surface area contributed by atoms with Crippen LogP contribution in [-0.4, -0.2) is 5.33 Å². The van der Waals surface area contributed by atoms with Crippen molar-refractivity contribution in [2.45, 2.75) is 45.4 Å². The molecule has 0 saturated carbocycles. The molecule has 1 rings (SSSR count). The summed E-state index contributed by atoms with van der Waals surface area (Å²) in [6, 6.07) is 9.08. The molecular formula is C14H21Br. The maximum absolute atomic E-state index is 3.46. The van der Waals surface area contributed by atoms with Crippen molar-refractivity contribution >= 4 is 15.9 Å². The second-order valence-electron chi connectivity index (χ2n) is 4.07. The van der Waals surface area contributed by atoms with E-state index in [1.165, 1.54) is 43.2 Å². The lowest BCUT2D eigenvalue weighted by Gasteiger charge is -2.03. The summed E-state index contributed by atoms with van der Waals surface area (Å²) in [5.41, 5.74) is 2.92. The van der Waals surface area contributed by atoms with Gasteiger partial charge in [0.2, 0.25) is 0 Å². The molecule has 0 bridgehead atoms. The van der Waals surface area contributed by atoms with Crippen LogP contribution in [0.2, 0.25) is 0 Å². The summed E-state index contributed by atoms with van der Waals surface area (Å²) in [4.78, 5) is 0. The van der Waals surface area contributed by atoms with Crippen molar-refractivity contribution in [2.24, 2.45) is 0 Å². The van der Waals surface area contributed by atoms with Crippen molar-refractivity contribution in [1.29, 1.82) is 0 Å². The minimum Gasteiger partial charge on any atom is -0.0924 e. The molecule has 0 spiro atoms. The van der Waals surface area contributed by atoms with Gasteiger partial charge in [0, 0.05) is 5.33 Å². The van der Waals surface area contributed by atoms with Gasteiger partial charge < -0.3 is 0 Å². The molecule has 0 saturated heterocycles. The standard InChI is InChI=1S/C14H21Br/c1-2-3-4-5-6-13-7-9-14(10-8-13)11-12-15/h7-10H,2-6,11-12H2,1H3. The van der Waals surface area contributed by atoms with Gasteiger partial charge in [0.1, 0.15) is 0 Å². The van der Waals surface area contributed by atoms with Crippen LogP contribution in [0.3, 0.4) is 0 Å². The van der Waals surface area contributed by atoms with Gasteiger partial charge >= 0.3 is 0 Å². The third-order valence-corrected chi connectivity index (χ3v) is 3.12. The van der Waals surface area contributed by atoms with E-state index in [1.54, 1.807) is 0 Å². The van der Waals surface area contributed by atoms with Gasteiger partial charge in [0.25, 0.3) is 0 Å². The molecular weight excluding hydrogens is 248 g/mol. The van der Waals surface area contributed by atoms with Crippen molar-refractivity contribution in [3.05, 3.63) is 35.4 Å². The lowest BCUT2D eigenvalue weighted by atomic mass is 10.0. The second-order valence-corrected chi connectivity index (χ2v) is 4.86. The van der Waals surface area contributed by atoms with Crippen molar-refractivity contribution in [3.8, 4) is 0 Å². The topological polar surface area (TPSA) is 0 Å². The van der Waals surface area contributed by atoms with Crippen LogP contribution in [-0.2, 0) is 12.8 Å². The van der Waals surface area contributed by atoms with E-state index in [2.05, 4.69) is 47.1 Å². The van der Waals surface area contributed by atoms with Crippen molar-refractivity contribution in [3.63, 3.8) is 0 Å². The number of rotatable bonds is 7. The van der Waals surface area contributed by atoms with Gasteiger partial charge in [-0.1, -0.05) is 66.4 Å². The van der Waals surface area contributed by atoms with Crippen LogP contribution in [0.4, 0.5) is 0 Å². The van der Waals surface area contributed by atoms with Crippen LogP contribution in [0, 0.1) is 0 Å². The van der Waals surface area contributed by atoms with Crippen molar-refractivity contribution in [2.75, 3.05) is 5.33 Å². The van der Waals surface area contributed by atoms with Crippen LogP contribution < -0.4 is 0 Å². The Kier molecular flexibility index (Phi) is 6.74. The number of aryl methyl sites for hydroxylation is 2. The molecule has 0 nitrogen and oxygen atoms in total. The molecule has 0 aliphatic heterocycles. The highest BCUT2D eigenvalue weighted by atomic mass is 79.9. The van der Waals surface area contributed by atoms with E-state index in [0.29, 0.717) is 0 Å². The van der Waals surface area contributed by atoms with E-state index in [4.69, 9.17) is 0 Å². The Balaban J connectivity index is 2.29. The largest absolute Gasteiger partial charge is 0.0924 e. The summed E-state index contributed by atoms with van der Waals surface area (Å²) in [6.07, 6.45) is 7.79. The molecule has 15 heavy (non-hydrogen) atoms. The van der Waals surface area contributed by atoms with E-state index >= 15 is 0 Å². The first kappa shape index (κ1) is 12.8. The number of benzene rings is 1. The van der Waals surface area contributed by atoms with Gasteiger partial charge in [-0.2, -0.15) is 0 Å². The molecule has 0 N–H and O–H groups in total. The van der Waals surface area contributed by atoms with E-state index in [-0.39, 0.29) is 0 Å². The number of halogens is 1. The zero-order chi connectivity index (χ0) is 10.9. The summed E-state index contributed by atoms with van der Waals surface area (Å²) in [6.45, 7) is 2.26. The highest BCUT2D eigenvalue weighted by Gasteiger charge is 1.95. The Hall–Kier alpha value is -0.300. The third kappa shape index (κ3) is 5.36. The number of hydrogen-bond acceptors (Lipinski definition) is 0. The normalized spacial score (nSPS) is 10.5. The third-order valence-electron chi connectivity index (χ3n) is 2.73. The molecule has 1 aromatic carbocycles. The summed E-state index contributed by atoms with van der Waals surface area (Å²) < 4.78 is 0. The second kappa shape index (κ2) is 7.92. The first-order valence-corrected chi connectivity index (χ1v) is 7.12. The maximum atomic E-state index is 3.46. The molecule has 0 amide bonds. The highest BCUT2D eigenvalue weighted by molar-refractivity contribution is 9.09. The van der Waals surface area contributed by atoms with Crippen molar-refractivity contribution in [1.82, 2.24) is 0 Å². The van der Waals surface area contributed by atoms with Crippen LogP contribution in [0.15, 0.2) is 24.3 Å². The molecule has 0 aliphatic carbocycles. The smallest absolute Gasteiger partial charge is 0.00718 e. The van der Waals surface area contributed by atoms with Gasteiger partial charge in [-0.15, -0.1) is 0 Å². The fourth-order valence-electron chi connectivity index (χ4n) is 1.74. The van der Waals surface area contributed by atoms with Crippen LogP contribution in [0.25, 0.3) is 0 Å². The number of alkyl halides is 1. The van der Waals surface area contributed by atoms with Gasteiger partial charge in [-0.05, 0) is 30.4 Å². The van der Waals surface area contributed by atoms with Gasteiger partial charge in [0.15, 0.2) is 0 Å². The summed E-state index contributed by atoms with van der Waals surface area (Å²) in [5, 5.41) is 1.06. The lowest BCUT2D eigenvalue weighted by Crippen LogP contribution is -1.89. The predicted octanol–water partition coefficient (Wildman–Crippen LogP) is 4.75. The first-order valence-electron chi connectivity index (χ1n) is 6.00. The summed E-state index contributed by atoms with van der Waals surface area (Å²) >= 11 is 3.46. The Morgan fingerprint density at radius 2 is 1.47 bits per heavy atom. The quantitative estimate of drug-likeness (QED) is 0.495. The molecule has 0 aliphatic rings. The maximum Gasteiger partial charge on any atom is 0.00718 e. The minimum absolute atomic E-state index is 1.06.